The lowest BCUT2D eigenvalue weighted by molar-refractivity contribution is 1.12. The average molecular weight is 715 g/mol. The molecule has 0 aliphatic carbocycles. The first-order valence-corrected chi connectivity index (χ1v) is 19.0. The van der Waals surface area contributed by atoms with E-state index in [2.05, 4.69) is 201 Å². The molecule has 0 atom stereocenters. The van der Waals surface area contributed by atoms with Crippen molar-refractivity contribution in [2.45, 2.75) is 0 Å². The number of benzene rings is 7. The molecule has 11 rings (SSSR count). The zero-order valence-electron chi connectivity index (χ0n) is 30.4. The lowest BCUT2D eigenvalue weighted by atomic mass is 9.94. The quantitative estimate of drug-likeness (QED) is 0.161. The second kappa shape index (κ2) is 13.1. The summed E-state index contributed by atoms with van der Waals surface area (Å²) >= 11 is 0. The maximum atomic E-state index is 4.42. The average Bonchev–Trinajstić information content (AvgIpc) is 3.83. The van der Waals surface area contributed by atoms with E-state index in [0.717, 1.165) is 33.9 Å². The molecule has 0 saturated carbocycles. The molecule has 0 unspecified atom stereocenters. The first kappa shape index (κ1) is 31.9. The van der Waals surface area contributed by atoms with Gasteiger partial charge in [0.1, 0.15) is 0 Å². The van der Waals surface area contributed by atoms with Gasteiger partial charge in [0.25, 0.3) is 0 Å². The summed E-state index contributed by atoms with van der Waals surface area (Å²) in [5, 5.41) is 7.21. The Balaban J connectivity index is 1.31. The maximum Gasteiger partial charge on any atom is 0.0620 e. The van der Waals surface area contributed by atoms with E-state index in [1.807, 2.05) is 24.8 Å². The molecule has 11 aromatic rings. The topological polar surface area (TPSA) is 35.6 Å². The molecule has 0 N–H and O–H groups in total. The van der Waals surface area contributed by atoms with Crippen LogP contribution in [0.1, 0.15) is 0 Å². The Kier molecular flexibility index (Phi) is 7.46. The van der Waals surface area contributed by atoms with E-state index in [4.69, 9.17) is 0 Å². The van der Waals surface area contributed by atoms with Gasteiger partial charge in [-0.25, -0.2) is 0 Å². The normalized spacial score (nSPS) is 11.6. The van der Waals surface area contributed by atoms with Crippen LogP contribution in [0.25, 0.3) is 99.5 Å². The van der Waals surface area contributed by atoms with Crippen LogP contribution in [0.5, 0.6) is 0 Å². The van der Waals surface area contributed by atoms with Gasteiger partial charge in [0.05, 0.1) is 22.4 Å². The van der Waals surface area contributed by atoms with Crippen LogP contribution in [-0.4, -0.2) is 19.1 Å². The molecule has 56 heavy (non-hydrogen) atoms. The van der Waals surface area contributed by atoms with Crippen LogP contribution >= 0.6 is 0 Å². The number of fused-ring (bicyclic) bond motifs is 7. The van der Waals surface area contributed by atoms with Crippen LogP contribution in [0.2, 0.25) is 0 Å². The third kappa shape index (κ3) is 4.93. The summed E-state index contributed by atoms with van der Waals surface area (Å²) in [4.78, 5) is 8.83. The molecule has 262 valence electrons. The molecule has 0 amide bonds. The fourth-order valence-electron chi connectivity index (χ4n) is 8.81. The second-order valence-electron chi connectivity index (χ2n) is 14.2. The van der Waals surface area contributed by atoms with Crippen LogP contribution in [0.15, 0.2) is 207 Å². The van der Waals surface area contributed by atoms with Crippen molar-refractivity contribution in [2.24, 2.45) is 0 Å². The predicted octanol–water partition coefficient (Wildman–Crippen LogP) is 13.3. The molecule has 4 heteroatoms. The predicted molar refractivity (Wildman–Crippen MR) is 232 cm³/mol. The van der Waals surface area contributed by atoms with Crippen molar-refractivity contribution in [1.29, 1.82) is 0 Å². The van der Waals surface area contributed by atoms with E-state index in [9.17, 15) is 0 Å². The minimum absolute atomic E-state index is 1.07. The van der Waals surface area contributed by atoms with Gasteiger partial charge >= 0.3 is 0 Å². The highest BCUT2D eigenvalue weighted by Gasteiger charge is 2.26. The summed E-state index contributed by atoms with van der Waals surface area (Å²) in [5.74, 6) is 0. The SMILES string of the molecule is c1ccc(-c2c(-c3ccccc3)n(-c3ccncc3)c3c2ccc2c4ccc5c(-c6ccccc6)c(-c6ccccc6)n(-c6ccncc6)c5c4ccc23)cc1. The van der Waals surface area contributed by atoms with Gasteiger partial charge in [-0.2, -0.15) is 0 Å². The maximum absolute atomic E-state index is 4.42. The van der Waals surface area contributed by atoms with Crippen LogP contribution in [0, 0.1) is 0 Å². The standard InChI is InChI=1S/C52H34N4/c1-5-13-35(14-6-1)47-45-25-21-41-42-22-26-46-48(36-15-7-2-8-16-36)50(38-19-11-4-12-20-38)56(40-29-33-54-34-30-40)52(46)44(42)24-23-43(41)51(45)55(39-27-31-53-32-28-39)49(47)37-17-9-3-10-18-37/h1-34H. The molecule has 7 aromatic carbocycles. The van der Waals surface area contributed by atoms with Crippen molar-refractivity contribution in [3.8, 4) is 56.1 Å². The smallest absolute Gasteiger partial charge is 0.0620 e. The van der Waals surface area contributed by atoms with Gasteiger partial charge in [0.15, 0.2) is 0 Å². The Bertz CT molecular complexity index is 2970. The van der Waals surface area contributed by atoms with E-state index in [1.165, 1.54) is 65.6 Å². The molecule has 4 nitrogen and oxygen atoms in total. The number of pyridine rings is 2. The van der Waals surface area contributed by atoms with Crippen molar-refractivity contribution in [3.05, 3.63) is 207 Å². The van der Waals surface area contributed by atoms with Crippen molar-refractivity contribution >= 4 is 43.4 Å². The Labute approximate surface area is 324 Å². The van der Waals surface area contributed by atoms with E-state index in [1.54, 1.807) is 0 Å². The molecule has 0 aliphatic heterocycles. The van der Waals surface area contributed by atoms with Gasteiger partial charge in [0.2, 0.25) is 0 Å². The fraction of sp³-hybridized carbons (Fsp3) is 0. The van der Waals surface area contributed by atoms with E-state index < -0.39 is 0 Å². The van der Waals surface area contributed by atoms with Gasteiger partial charge in [0, 0.05) is 68.8 Å². The van der Waals surface area contributed by atoms with E-state index in [-0.39, 0.29) is 0 Å². The molecular formula is C52H34N4. The first-order chi connectivity index (χ1) is 27.8. The number of aromatic nitrogens is 4. The van der Waals surface area contributed by atoms with Crippen LogP contribution in [0.4, 0.5) is 0 Å². The van der Waals surface area contributed by atoms with Crippen molar-refractivity contribution < 1.29 is 0 Å². The molecular weight excluding hydrogens is 681 g/mol. The van der Waals surface area contributed by atoms with Gasteiger partial charge in [-0.1, -0.05) is 158 Å². The molecule has 0 aliphatic rings. The largest absolute Gasteiger partial charge is 0.308 e. The number of nitrogens with zero attached hydrogens (tertiary/aromatic N) is 4. The Morgan fingerprint density at radius 3 is 0.929 bits per heavy atom. The molecule has 0 spiro atoms. The second-order valence-corrected chi connectivity index (χ2v) is 14.2. The van der Waals surface area contributed by atoms with Crippen LogP contribution < -0.4 is 0 Å². The summed E-state index contributed by atoms with van der Waals surface area (Å²) in [6.45, 7) is 0. The van der Waals surface area contributed by atoms with Gasteiger partial charge in [-0.15, -0.1) is 0 Å². The monoisotopic (exact) mass is 714 g/mol. The van der Waals surface area contributed by atoms with Crippen molar-refractivity contribution in [1.82, 2.24) is 19.1 Å². The summed E-state index contributed by atoms with van der Waals surface area (Å²) in [7, 11) is 0. The summed E-state index contributed by atoms with van der Waals surface area (Å²) in [6, 6.07) is 65.6. The van der Waals surface area contributed by atoms with Crippen molar-refractivity contribution in [2.75, 3.05) is 0 Å². The zero-order chi connectivity index (χ0) is 37.0. The fourth-order valence-corrected chi connectivity index (χ4v) is 8.81. The minimum atomic E-state index is 1.07. The highest BCUT2D eigenvalue weighted by atomic mass is 15.0. The van der Waals surface area contributed by atoms with Gasteiger partial charge in [-0.3, -0.25) is 9.97 Å². The number of hydrogen-bond acceptors (Lipinski definition) is 2. The zero-order valence-corrected chi connectivity index (χ0v) is 30.4. The lowest BCUT2D eigenvalue weighted by Gasteiger charge is -2.15. The minimum Gasteiger partial charge on any atom is -0.308 e. The number of hydrogen-bond donors (Lipinski definition) is 0. The third-order valence-corrected chi connectivity index (χ3v) is 11.1. The highest BCUT2D eigenvalue weighted by Crippen LogP contribution is 2.49. The Morgan fingerprint density at radius 1 is 0.268 bits per heavy atom. The van der Waals surface area contributed by atoms with Gasteiger partial charge in [-0.05, 0) is 57.3 Å². The summed E-state index contributed by atoms with van der Waals surface area (Å²) < 4.78 is 4.89. The molecule has 0 saturated heterocycles. The Hall–Kier alpha value is -7.56. The lowest BCUT2D eigenvalue weighted by Crippen LogP contribution is -1.99. The molecule has 0 fully saturated rings. The highest BCUT2D eigenvalue weighted by molar-refractivity contribution is 6.26. The third-order valence-electron chi connectivity index (χ3n) is 11.1. The van der Waals surface area contributed by atoms with Crippen LogP contribution in [-0.2, 0) is 0 Å². The summed E-state index contributed by atoms with van der Waals surface area (Å²) in [6.07, 6.45) is 7.54. The molecule has 4 aromatic heterocycles. The molecule has 0 bridgehead atoms. The van der Waals surface area contributed by atoms with Crippen LogP contribution in [0.3, 0.4) is 0 Å². The van der Waals surface area contributed by atoms with E-state index in [0.29, 0.717) is 0 Å². The van der Waals surface area contributed by atoms with Crippen molar-refractivity contribution in [3.63, 3.8) is 0 Å². The van der Waals surface area contributed by atoms with E-state index >= 15 is 0 Å². The molecule has 0 radical (unpaired) electrons. The van der Waals surface area contributed by atoms with Gasteiger partial charge < -0.3 is 9.13 Å². The Morgan fingerprint density at radius 2 is 0.571 bits per heavy atom. The summed E-state index contributed by atoms with van der Waals surface area (Å²) in [5.41, 5.74) is 13.9. The first-order valence-electron chi connectivity index (χ1n) is 19.0. The molecule has 4 heterocycles. The number of rotatable bonds is 6.